The maximum absolute atomic E-state index is 5.42. The molecule has 32 heavy (non-hydrogen) atoms. The largest absolute Gasteiger partial charge is 0.493 e. The lowest BCUT2D eigenvalue weighted by Crippen LogP contribution is -2.40. The summed E-state index contributed by atoms with van der Waals surface area (Å²) in [4.78, 5) is 11.7. The Hall–Kier alpha value is -2.49. The van der Waals surface area contributed by atoms with Gasteiger partial charge in [0, 0.05) is 26.7 Å². The molecule has 0 atom stereocenters. The zero-order valence-electron chi connectivity index (χ0n) is 19.6. The van der Waals surface area contributed by atoms with Crippen molar-refractivity contribution in [2.24, 2.45) is 4.99 Å². The van der Waals surface area contributed by atoms with E-state index in [4.69, 9.17) is 14.5 Å². The number of imidazole rings is 1. The van der Waals surface area contributed by atoms with Crippen molar-refractivity contribution in [2.75, 3.05) is 40.9 Å². The second-order valence-corrected chi connectivity index (χ2v) is 7.40. The van der Waals surface area contributed by atoms with Crippen LogP contribution < -0.4 is 14.8 Å². The smallest absolute Gasteiger partial charge is 0.193 e. The number of ether oxygens (including phenoxy) is 2. The number of aromatic nitrogens is 2. The molecule has 1 N–H and O–H groups in total. The molecule has 0 saturated heterocycles. The first-order chi connectivity index (χ1) is 15.1. The van der Waals surface area contributed by atoms with Crippen molar-refractivity contribution in [1.82, 2.24) is 19.8 Å². The molecule has 0 saturated carbocycles. The number of methoxy groups -OCH3 is 2. The summed E-state index contributed by atoms with van der Waals surface area (Å²) in [5, 5.41) is 3.40. The van der Waals surface area contributed by atoms with Crippen LogP contribution in [0.5, 0.6) is 11.5 Å². The fourth-order valence-corrected chi connectivity index (χ4v) is 3.64. The number of rotatable bonds is 9. The van der Waals surface area contributed by atoms with Crippen molar-refractivity contribution < 1.29 is 9.47 Å². The van der Waals surface area contributed by atoms with Crippen LogP contribution in [0.3, 0.4) is 0 Å². The van der Waals surface area contributed by atoms with Gasteiger partial charge in [-0.1, -0.05) is 18.2 Å². The summed E-state index contributed by atoms with van der Waals surface area (Å²) in [6.07, 6.45) is 0.881. The molecule has 2 aromatic carbocycles. The van der Waals surface area contributed by atoms with E-state index in [9.17, 15) is 0 Å². The second-order valence-electron chi connectivity index (χ2n) is 7.40. The van der Waals surface area contributed by atoms with Gasteiger partial charge in [-0.3, -0.25) is 4.99 Å². The minimum atomic E-state index is 0. The normalized spacial score (nSPS) is 11.2. The first-order valence-electron chi connectivity index (χ1n) is 10.7. The highest BCUT2D eigenvalue weighted by molar-refractivity contribution is 14.0. The van der Waals surface area contributed by atoms with Gasteiger partial charge in [0.25, 0.3) is 0 Å². The molecule has 0 spiro atoms. The zero-order valence-corrected chi connectivity index (χ0v) is 21.9. The fourth-order valence-electron chi connectivity index (χ4n) is 3.64. The van der Waals surface area contributed by atoms with E-state index in [1.54, 1.807) is 14.2 Å². The van der Waals surface area contributed by atoms with Crippen LogP contribution in [0.15, 0.2) is 47.5 Å². The average Bonchev–Trinajstić information content (AvgIpc) is 3.11. The quantitative estimate of drug-likeness (QED) is 0.246. The summed E-state index contributed by atoms with van der Waals surface area (Å²) >= 11 is 0. The molecule has 3 aromatic rings. The summed E-state index contributed by atoms with van der Waals surface area (Å²) in [7, 11) is 5.38. The van der Waals surface area contributed by atoms with E-state index in [0.29, 0.717) is 6.54 Å². The Labute approximate surface area is 207 Å². The maximum atomic E-state index is 5.42. The van der Waals surface area contributed by atoms with E-state index in [-0.39, 0.29) is 24.0 Å². The lowest BCUT2D eigenvalue weighted by atomic mass is 10.1. The van der Waals surface area contributed by atoms with Crippen LogP contribution >= 0.6 is 24.0 Å². The SMILES string of the molecule is CCNC(=NCCn1c(C)nc2ccccc21)N(C)CCc1ccc(OC)c(OC)c1.I. The van der Waals surface area contributed by atoms with Gasteiger partial charge in [-0.15, -0.1) is 24.0 Å². The molecule has 0 amide bonds. The van der Waals surface area contributed by atoms with Gasteiger partial charge in [0.05, 0.1) is 31.8 Å². The lowest BCUT2D eigenvalue weighted by molar-refractivity contribution is 0.354. The van der Waals surface area contributed by atoms with Crippen LogP contribution in [0.1, 0.15) is 18.3 Å². The third-order valence-corrected chi connectivity index (χ3v) is 5.31. The lowest BCUT2D eigenvalue weighted by Gasteiger charge is -2.22. The standard InChI is InChI=1S/C24H33N5O2.HI/c1-6-25-24(26-14-16-29-18(2)27-20-9-7-8-10-21(20)29)28(3)15-13-19-11-12-22(30-4)23(17-19)31-5;/h7-12,17H,6,13-16H2,1-5H3,(H,25,26);1H. The van der Waals surface area contributed by atoms with Crippen LogP contribution in [-0.2, 0) is 13.0 Å². The van der Waals surface area contributed by atoms with Crippen molar-refractivity contribution in [3.8, 4) is 11.5 Å². The number of hydrogen-bond donors (Lipinski definition) is 1. The Balaban J connectivity index is 0.00000363. The van der Waals surface area contributed by atoms with Gasteiger partial charge in [0.15, 0.2) is 17.5 Å². The number of para-hydroxylation sites is 2. The Morgan fingerprint density at radius 2 is 1.88 bits per heavy atom. The molecule has 0 aliphatic carbocycles. The highest BCUT2D eigenvalue weighted by Gasteiger charge is 2.10. The third kappa shape index (κ3) is 6.27. The van der Waals surface area contributed by atoms with Crippen molar-refractivity contribution in [3.05, 3.63) is 53.9 Å². The summed E-state index contributed by atoms with van der Waals surface area (Å²) in [5.41, 5.74) is 3.38. The van der Waals surface area contributed by atoms with Crippen LogP contribution in [0.25, 0.3) is 11.0 Å². The second kappa shape index (κ2) is 12.5. The minimum Gasteiger partial charge on any atom is -0.493 e. The van der Waals surface area contributed by atoms with Crippen molar-refractivity contribution in [2.45, 2.75) is 26.8 Å². The fraction of sp³-hybridized carbons (Fsp3) is 0.417. The Morgan fingerprint density at radius 1 is 1.12 bits per heavy atom. The number of nitrogens with zero attached hydrogens (tertiary/aromatic N) is 4. The van der Waals surface area contributed by atoms with E-state index in [0.717, 1.165) is 60.4 Å². The molecule has 0 aliphatic rings. The Bertz CT molecular complexity index is 1030. The number of fused-ring (bicyclic) bond motifs is 1. The number of aryl methyl sites for hydroxylation is 1. The highest BCUT2D eigenvalue weighted by Crippen LogP contribution is 2.27. The predicted molar refractivity (Wildman–Crippen MR) is 142 cm³/mol. The van der Waals surface area contributed by atoms with Gasteiger partial charge in [0.1, 0.15) is 5.82 Å². The van der Waals surface area contributed by atoms with E-state index >= 15 is 0 Å². The summed E-state index contributed by atoms with van der Waals surface area (Å²) in [6, 6.07) is 14.3. The van der Waals surface area contributed by atoms with Gasteiger partial charge in [-0.05, 0) is 50.1 Å². The van der Waals surface area contributed by atoms with Gasteiger partial charge >= 0.3 is 0 Å². The van der Waals surface area contributed by atoms with Crippen molar-refractivity contribution >= 4 is 41.0 Å². The zero-order chi connectivity index (χ0) is 22.2. The number of guanidine groups is 1. The molecule has 0 radical (unpaired) electrons. The van der Waals surface area contributed by atoms with Crippen LogP contribution in [0.2, 0.25) is 0 Å². The van der Waals surface area contributed by atoms with Crippen LogP contribution in [0, 0.1) is 6.92 Å². The molecule has 0 unspecified atom stereocenters. The predicted octanol–water partition coefficient (Wildman–Crippen LogP) is 4.12. The molecule has 8 heteroatoms. The third-order valence-electron chi connectivity index (χ3n) is 5.31. The molecule has 1 heterocycles. The van der Waals surface area contributed by atoms with Gasteiger partial charge in [-0.2, -0.15) is 0 Å². The summed E-state index contributed by atoms with van der Waals surface area (Å²) in [5.74, 6) is 3.43. The topological polar surface area (TPSA) is 63.9 Å². The number of hydrogen-bond acceptors (Lipinski definition) is 4. The average molecular weight is 551 g/mol. The Morgan fingerprint density at radius 3 is 2.59 bits per heavy atom. The monoisotopic (exact) mass is 551 g/mol. The molecule has 0 bridgehead atoms. The minimum absolute atomic E-state index is 0. The van der Waals surface area contributed by atoms with Crippen LogP contribution in [-0.4, -0.2) is 61.3 Å². The van der Waals surface area contributed by atoms with Gasteiger partial charge < -0.3 is 24.3 Å². The number of halogens is 1. The molecule has 174 valence electrons. The molecule has 7 nitrogen and oxygen atoms in total. The molecule has 0 fully saturated rings. The summed E-state index contributed by atoms with van der Waals surface area (Å²) < 4.78 is 13.0. The summed E-state index contributed by atoms with van der Waals surface area (Å²) in [6.45, 7) is 7.28. The van der Waals surface area contributed by atoms with Gasteiger partial charge in [-0.25, -0.2) is 4.98 Å². The maximum Gasteiger partial charge on any atom is 0.193 e. The van der Waals surface area contributed by atoms with Crippen LogP contribution in [0.4, 0.5) is 0 Å². The van der Waals surface area contributed by atoms with Gasteiger partial charge in [0.2, 0.25) is 0 Å². The molecule has 0 aliphatic heterocycles. The van der Waals surface area contributed by atoms with E-state index in [2.05, 4.69) is 51.9 Å². The number of likely N-dealkylation sites (N-methyl/N-ethyl adjacent to an activating group) is 1. The van der Waals surface area contributed by atoms with Crippen molar-refractivity contribution in [3.63, 3.8) is 0 Å². The van der Waals surface area contributed by atoms with E-state index in [1.165, 1.54) is 5.56 Å². The number of aliphatic imine (C=N–C) groups is 1. The number of benzene rings is 2. The number of nitrogens with one attached hydrogen (secondary N) is 1. The molecular weight excluding hydrogens is 517 g/mol. The molecular formula is C24H34IN5O2. The van der Waals surface area contributed by atoms with Crippen molar-refractivity contribution in [1.29, 1.82) is 0 Å². The molecule has 3 rings (SSSR count). The first kappa shape index (κ1) is 25.8. The highest BCUT2D eigenvalue weighted by atomic mass is 127. The Kier molecular flexibility index (Phi) is 10.1. The van der Waals surface area contributed by atoms with E-state index < -0.39 is 0 Å². The van der Waals surface area contributed by atoms with E-state index in [1.807, 2.05) is 31.2 Å². The first-order valence-corrected chi connectivity index (χ1v) is 10.7. The molecule has 1 aromatic heterocycles.